The number of hydrogen-bond donors (Lipinski definition) is 1. The molecule has 1 saturated heterocycles. The highest BCUT2D eigenvalue weighted by Gasteiger charge is 2.39. The molecule has 0 bridgehead atoms. The molecule has 19 heavy (non-hydrogen) atoms. The van der Waals surface area contributed by atoms with Crippen molar-refractivity contribution in [2.75, 3.05) is 13.1 Å². The maximum Gasteiger partial charge on any atom is 0.0794 e. The number of aromatic nitrogens is 1. The van der Waals surface area contributed by atoms with Crippen LogP contribution in [0.4, 0.5) is 0 Å². The van der Waals surface area contributed by atoms with Gasteiger partial charge in [-0.05, 0) is 24.7 Å². The molecule has 1 aliphatic heterocycles. The zero-order valence-corrected chi connectivity index (χ0v) is 12.8. The van der Waals surface area contributed by atoms with E-state index < -0.39 is 0 Å². The fourth-order valence-corrected chi connectivity index (χ4v) is 3.79. The topological polar surface area (TPSA) is 28.2 Å². The predicted molar refractivity (Wildman–Crippen MR) is 80.3 cm³/mol. The highest BCUT2D eigenvalue weighted by molar-refractivity contribution is 7.09. The first-order valence-electron chi connectivity index (χ1n) is 7.62. The highest BCUT2D eigenvalue weighted by atomic mass is 32.1. The van der Waals surface area contributed by atoms with Crippen LogP contribution in [0.25, 0.3) is 0 Å². The molecule has 2 aliphatic rings. The number of rotatable bonds is 5. The van der Waals surface area contributed by atoms with Gasteiger partial charge >= 0.3 is 0 Å². The molecule has 3 rings (SSSR count). The average molecular weight is 279 g/mol. The second kappa shape index (κ2) is 5.90. The molecular weight excluding hydrogens is 254 g/mol. The van der Waals surface area contributed by atoms with E-state index in [0.717, 1.165) is 24.4 Å². The molecule has 0 radical (unpaired) electrons. The lowest BCUT2D eigenvalue weighted by Crippen LogP contribution is -2.58. The molecule has 2 fully saturated rings. The number of nitrogens with zero attached hydrogens (tertiary/aromatic N) is 2. The molecule has 0 spiro atoms. The van der Waals surface area contributed by atoms with E-state index >= 15 is 0 Å². The molecule has 1 saturated carbocycles. The van der Waals surface area contributed by atoms with Gasteiger partial charge in [0.25, 0.3) is 0 Å². The van der Waals surface area contributed by atoms with Crippen LogP contribution in [-0.2, 0) is 6.54 Å². The Morgan fingerprint density at radius 3 is 3.00 bits per heavy atom. The summed E-state index contributed by atoms with van der Waals surface area (Å²) in [7, 11) is 0. The van der Waals surface area contributed by atoms with Crippen LogP contribution in [-0.4, -0.2) is 35.1 Å². The third kappa shape index (κ3) is 3.18. The Hall–Kier alpha value is -0.450. The van der Waals surface area contributed by atoms with Gasteiger partial charge in [0.1, 0.15) is 0 Å². The minimum absolute atomic E-state index is 0.660. The van der Waals surface area contributed by atoms with Gasteiger partial charge in [-0.2, -0.15) is 0 Å². The van der Waals surface area contributed by atoms with E-state index in [0.29, 0.717) is 6.04 Å². The Balaban J connectivity index is 1.67. The lowest BCUT2D eigenvalue weighted by molar-refractivity contribution is 0.0900. The number of nitrogens with one attached hydrogen (secondary N) is 1. The van der Waals surface area contributed by atoms with Crippen molar-refractivity contribution in [1.82, 2.24) is 15.2 Å². The lowest BCUT2D eigenvalue weighted by atomic mass is 9.94. The normalized spacial score (nSPS) is 30.4. The van der Waals surface area contributed by atoms with E-state index in [-0.39, 0.29) is 0 Å². The summed E-state index contributed by atoms with van der Waals surface area (Å²) in [5, 5.41) is 3.80. The monoisotopic (exact) mass is 279 g/mol. The summed E-state index contributed by atoms with van der Waals surface area (Å²) in [6.07, 6.45) is 6.16. The van der Waals surface area contributed by atoms with Crippen LogP contribution in [0.15, 0.2) is 11.7 Å². The fourth-order valence-electron chi connectivity index (χ4n) is 3.17. The van der Waals surface area contributed by atoms with Gasteiger partial charge in [-0.15, -0.1) is 11.3 Å². The predicted octanol–water partition coefficient (Wildman–Crippen LogP) is 2.74. The van der Waals surface area contributed by atoms with Gasteiger partial charge < -0.3 is 5.32 Å². The zero-order valence-electron chi connectivity index (χ0n) is 12.0. The highest BCUT2D eigenvalue weighted by Crippen LogP contribution is 2.37. The Labute approximate surface area is 120 Å². The van der Waals surface area contributed by atoms with Crippen LogP contribution in [0.5, 0.6) is 0 Å². The van der Waals surface area contributed by atoms with Crippen molar-refractivity contribution in [3.8, 4) is 0 Å². The van der Waals surface area contributed by atoms with E-state index in [1.165, 1.54) is 37.2 Å². The first-order chi connectivity index (χ1) is 9.28. The maximum absolute atomic E-state index is 4.22. The van der Waals surface area contributed by atoms with E-state index in [2.05, 4.69) is 29.0 Å². The summed E-state index contributed by atoms with van der Waals surface area (Å²) in [5.74, 6) is 1.71. The van der Waals surface area contributed by atoms with Gasteiger partial charge in [0, 0.05) is 42.8 Å². The van der Waals surface area contributed by atoms with Crippen molar-refractivity contribution >= 4 is 11.3 Å². The van der Waals surface area contributed by atoms with Crippen molar-refractivity contribution in [3.63, 3.8) is 0 Å². The van der Waals surface area contributed by atoms with Gasteiger partial charge in [-0.25, -0.2) is 0 Å². The van der Waals surface area contributed by atoms with E-state index in [4.69, 9.17) is 0 Å². The van der Waals surface area contributed by atoms with Crippen molar-refractivity contribution in [2.45, 2.75) is 51.7 Å². The smallest absolute Gasteiger partial charge is 0.0794 e. The number of hydrogen-bond acceptors (Lipinski definition) is 4. The Morgan fingerprint density at radius 2 is 2.37 bits per heavy atom. The summed E-state index contributed by atoms with van der Waals surface area (Å²) < 4.78 is 0. The zero-order chi connectivity index (χ0) is 13.2. The quantitative estimate of drug-likeness (QED) is 0.898. The molecule has 1 aliphatic carbocycles. The third-order valence-corrected chi connectivity index (χ3v) is 5.59. The summed E-state index contributed by atoms with van der Waals surface area (Å²) in [6, 6.07) is 1.41. The molecule has 0 amide bonds. The van der Waals surface area contributed by atoms with Gasteiger partial charge in [-0.3, -0.25) is 9.88 Å². The first-order valence-corrected chi connectivity index (χ1v) is 8.50. The van der Waals surface area contributed by atoms with E-state index in [9.17, 15) is 0 Å². The van der Waals surface area contributed by atoms with Crippen LogP contribution in [0.3, 0.4) is 0 Å². The number of piperazine rings is 1. The summed E-state index contributed by atoms with van der Waals surface area (Å²) >= 11 is 1.79. The Kier molecular flexibility index (Phi) is 4.20. The van der Waals surface area contributed by atoms with E-state index in [1.54, 1.807) is 11.3 Å². The first kappa shape index (κ1) is 13.5. The fraction of sp³-hybridized carbons (Fsp3) is 0.800. The van der Waals surface area contributed by atoms with Crippen molar-refractivity contribution in [2.24, 2.45) is 11.8 Å². The summed E-state index contributed by atoms with van der Waals surface area (Å²) in [5.41, 5.74) is 1.95. The van der Waals surface area contributed by atoms with Gasteiger partial charge in [0.2, 0.25) is 0 Å². The average Bonchev–Trinajstić information content (AvgIpc) is 3.15. The second-order valence-electron chi connectivity index (χ2n) is 6.20. The van der Waals surface area contributed by atoms with Crippen molar-refractivity contribution in [1.29, 1.82) is 0 Å². The molecule has 1 N–H and O–H groups in total. The second-order valence-corrected chi connectivity index (χ2v) is 7.17. The van der Waals surface area contributed by atoms with Crippen LogP contribution in [0.1, 0.15) is 38.0 Å². The SMILES string of the molecule is CCC(C)C1CN(Cc2cncs2)C(C2CC2)CN1. The Morgan fingerprint density at radius 1 is 1.53 bits per heavy atom. The Bertz CT molecular complexity index is 388. The lowest BCUT2D eigenvalue weighted by Gasteiger charge is -2.42. The third-order valence-electron chi connectivity index (χ3n) is 4.83. The molecule has 3 atom stereocenters. The van der Waals surface area contributed by atoms with Crippen LogP contribution in [0.2, 0.25) is 0 Å². The van der Waals surface area contributed by atoms with Crippen molar-refractivity contribution < 1.29 is 0 Å². The molecule has 4 heteroatoms. The van der Waals surface area contributed by atoms with Crippen LogP contribution < -0.4 is 5.32 Å². The standard InChI is InChI=1S/C15H25N3S/c1-3-11(2)14-9-18(8-13-6-16-10-19-13)15(7-17-14)12-4-5-12/h6,10-12,14-15,17H,3-5,7-9H2,1-2H3. The largest absolute Gasteiger partial charge is 0.311 e. The van der Waals surface area contributed by atoms with Crippen molar-refractivity contribution in [3.05, 3.63) is 16.6 Å². The summed E-state index contributed by atoms with van der Waals surface area (Å²) in [4.78, 5) is 8.35. The molecular formula is C15H25N3S. The van der Waals surface area contributed by atoms with Gasteiger partial charge in [0.15, 0.2) is 0 Å². The summed E-state index contributed by atoms with van der Waals surface area (Å²) in [6.45, 7) is 8.15. The van der Waals surface area contributed by atoms with Gasteiger partial charge in [-0.1, -0.05) is 20.3 Å². The van der Waals surface area contributed by atoms with Gasteiger partial charge in [0.05, 0.1) is 5.51 Å². The maximum atomic E-state index is 4.22. The number of thiazole rings is 1. The molecule has 1 aromatic rings. The molecule has 1 aromatic heterocycles. The molecule has 0 aromatic carbocycles. The molecule has 106 valence electrons. The van der Waals surface area contributed by atoms with E-state index in [1.807, 2.05) is 11.7 Å². The minimum Gasteiger partial charge on any atom is -0.311 e. The molecule has 3 unspecified atom stereocenters. The van der Waals surface area contributed by atoms with Crippen LogP contribution in [0, 0.1) is 11.8 Å². The van der Waals surface area contributed by atoms with Crippen LogP contribution >= 0.6 is 11.3 Å². The minimum atomic E-state index is 0.660. The molecule has 2 heterocycles. The molecule has 3 nitrogen and oxygen atoms in total.